The molecule has 0 unspecified atom stereocenters. The number of hydrogen-bond acceptors (Lipinski definition) is 4. The van der Waals surface area contributed by atoms with Crippen LogP contribution in [0.1, 0.15) is 6.92 Å². The third kappa shape index (κ3) is 2.57. The van der Waals surface area contributed by atoms with Gasteiger partial charge in [-0.05, 0) is 19.1 Å². The minimum Gasteiger partial charge on any atom is -0.297 e. The van der Waals surface area contributed by atoms with E-state index in [1.54, 1.807) is 6.92 Å². The molecule has 2 aromatic rings. The zero-order valence-electron chi connectivity index (χ0n) is 9.34. The Morgan fingerprint density at radius 2 is 2.11 bits per heavy atom. The van der Waals surface area contributed by atoms with Gasteiger partial charge in [-0.15, -0.1) is 10.2 Å². The molecule has 1 heterocycles. The molecular formula is C10H9BrClN3O2S. The van der Waals surface area contributed by atoms with Crippen LogP contribution in [0.15, 0.2) is 33.9 Å². The van der Waals surface area contributed by atoms with Crippen molar-refractivity contribution in [1.82, 2.24) is 14.8 Å². The molecule has 2 rings (SSSR count). The predicted octanol–water partition coefficient (Wildman–Crippen LogP) is 2.66. The van der Waals surface area contributed by atoms with Gasteiger partial charge in [-0.3, -0.25) is 4.57 Å². The van der Waals surface area contributed by atoms with Crippen molar-refractivity contribution in [2.45, 2.75) is 18.6 Å². The first-order chi connectivity index (χ1) is 8.43. The van der Waals surface area contributed by atoms with Gasteiger partial charge in [0.15, 0.2) is 5.82 Å². The fourth-order valence-electron chi connectivity index (χ4n) is 1.60. The Kier molecular flexibility index (Phi) is 3.74. The van der Waals surface area contributed by atoms with E-state index in [4.69, 9.17) is 10.7 Å². The van der Waals surface area contributed by atoms with Gasteiger partial charge in [-0.2, -0.15) is 0 Å². The SMILES string of the molecule is CCn1c(-c2cccc(Br)c2)nnc1S(=O)(=O)Cl. The molecule has 0 saturated heterocycles. The molecule has 96 valence electrons. The molecule has 1 aromatic carbocycles. The van der Waals surface area contributed by atoms with Crippen molar-refractivity contribution in [3.05, 3.63) is 28.7 Å². The largest absolute Gasteiger partial charge is 0.297 e. The monoisotopic (exact) mass is 349 g/mol. The second-order valence-electron chi connectivity index (χ2n) is 3.50. The van der Waals surface area contributed by atoms with Crippen LogP contribution < -0.4 is 0 Å². The van der Waals surface area contributed by atoms with Gasteiger partial charge in [0, 0.05) is 27.3 Å². The van der Waals surface area contributed by atoms with E-state index in [1.807, 2.05) is 24.3 Å². The number of hydrogen-bond donors (Lipinski definition) is 0. The summed E-state index contributed by atoms with van der Waals surface area (Å²) in [5.74, 6) is 0.470. The Balaban J connectivity index is 2.63. The predicted molar refractivity (Wildman–Crippen MR) is 71.9 cm³/mol. The Bertz CT molecular complexity index is 684. The lowest BCUT2D eigenvalue weighted by atomic mass is 10.2. The number of rotatable bonds is 3. The number of aromatic nitrogens is 3. The van der Waals surface area contributed by atoms with E-state index in [1.165, 1.54) is 4.57 Å². The standard InChI is InChI=1S/C10H9BrClN3O2S/c1-2-15-9(7-4-3-5-8(11)6-7)13-14-10(15)18(12,16)17/h3-6H,2H2,1H3. The van der Waals surface area contributed by atoms with E-state index in [0.29, 0.717) is 12.4 Å². The van der Waals surface area contributed by atoms with Crippen LogP contribution in [-0.4, -0.2) is 23.2 Å². The van der Waals surface area contributed by atoms with Crippen LogP contribution >= 0.6 is 26.6 Å². The second kappa shape index (κ2) is 4.99. The van der Waals surface area contributed by atoms with E-state index >= 15 is 0 Å². The highest BCUT2D eigenvalue weighted by atomic mass is 79.9. The Labute approximate surface area is 117 Å². The van der Waals surface area contributed by atoms with Crippen LogP contribution in [0.2, 0.25) is 0 Å². The van der Waals surface area contributed by atoms with Crippen LogP contribution in [0, 0.1) is 0 Å². The fourth-order valence-corrected chi connectivity index (χ4v) is 2.95. The lowest BCUT2D eigenvalue weighted by molar-refractivity contribution is 0.583. The molecule has 0 N–H and O–H groups in total. The molecule has 0 radical (unpaired) electrons. The van der Waals surface area contributed by atoms with Gasteiger partial charge in [0.05, 0.1) is 0 Å². The average molecular weight is 351 g/mol. The highest BCUT2D eigenvalue weighted by Gasteiger charge is 2.22. The van der Waals surface area contributed by atoms with Crippen molar-refractivity contribution in [2.24, 2.45) is 0 Å². The number of halogens is 2. The molecule has 0 saturated carbocycles. The Morgan fingerprint density at radius 3 is 2.67 bits per heavy atom. The van der Waals surface area contributed by atoms with Crippen molar-refractivity contribution in [3.63, 3.8) is 0 Å². The maximum absolute atomic E-state index is 11.4. The van der Waals surface area contributed by atoms with Crippen molar-refractivity contribution >= 4 is 35.7 Å². The van der Waals surface area contributed by atoms with Crippen LogP contribution in [0.4, 0.5) is 0 Å². The number of benzene rings is 1. The van der Waals surface area contributed by atoms with E-state index in [9.17, 15) is 8.42 Å². The number of nitrogens with zero attached hydrogens (tertiary/aromatic N) is 3. The first-order valence-electron chi connectivity index (χ1n) is 5.07. The van der Waals surface area contributed by atoms with Gasteiger partial charge in [0.2, 0.25) is 0 Å². The highest BCUT2D eigenvalue weighted by Crippen LogP contribution is 2.24. The maximum atomic E-state index is 11.4. The first kappa shape index (κ1) is 13.5. The zero-order chi connectivity index (χ0) is 13.3. The summed E-state index contributed by atoms with van der Waals surface area (Å²) in [4.78, 5) is 0. The molecular weight excluding hydrogens is 342 g/mol. The van der Waals surface area contributed by atoms with E-state index in [2.05, 4.69) is 26.1 Å². The summed E-state index contributed by atoms with van der Waals surface area (Å²) in [6.07, 6.45) is 0. The molecule has 0 aliphatic heterocycles. The highest BCUT2D eigenvalue weighted by molar-refractivity contribution is 9.10. The molecule has 1 aromatic heterocycles. The first-order valence-corrected chi connectivity index (χ1v) is 8.17. The molecule has 0 spiro atoms. The van der Waals surface area contributed by atoms with Crippen molar-refractivity contribution in [1.29, 1.82) is 0 Å². The zero-order valence-corrected chi connectivity index (χ0v) is 12.5. The summed E-state index contributed by atoms with van der Waals surface area (Å²) >= 11 is 3.35. The third-order valence-electron chi connectivity index (χ3n) is 2.33. The van der Waals surface area contributed by atoms with E-state index in [0.717, 1.165) is 10.0 Å². The van der Waals surface area contributed by atoms with E-state index < -0.39 is 9.05 Å². The van der Waals surface area contributed by atoms with E-state index in [-0.39, 0.29) is 5.16 Å². The van der Waals surface area contributed by atoms with Crippen LogP contribution in [0.5, 0.6) is 0 Å². The van der Waals surface area contributed by atoms with Crippen molar-refractivity contribution in [3.8, 4) is 11.4 Å². The quantitative estimate of drug-likeness (QED) is 0.798. The van der Waals surface area contributed by atoms with Crippen LogP contribution in [0.25, 0.3) is 11.4 Å². The smallest absolute Gasteiger partial charge is 0.296 e. The van der Waals surface area contributed by atoms with Gasteiger partial charge in [0.25, 0.3) is 14.2 Å². The summed E-state index contributed by atoms with van der Waals surface area (Å²) in [7, 11) is 1.42. The fraction of sp³-hybridized carbons (Fsp3) is 0.200. The summed E-state index contributed by atoms with van der Waals surface area (Å²) in [6.45, 7) is 2.21. The molecule has 0 aliphatic rings. The van der Waals surface area contributed by atoms with Crippen LogP contribution in [-0.2, 0) is 15.6 Å². The summed E-state index contributed by atoms with van der Waals surface area (Å²) in [5.41, 5.74) is 0.769. The molecule has 0 fully saturated rings. The third-order valence-corrected chi connectivity index (χ3v) is 3.98. The van der Waals surface area contributed by atoms with Crippen LogP contribution in [0.3, 0.4) is 0 Å². The Morgan fingerprint density at radius 1 is 1.39 bits per heavy atom. The van der Waals surface area contributed by atoms with Gasteiger partial charge >= 0.3 is 0 Å². The van der Waals surface area contributed by atoms with Gasteiger partial charge in [0.1, 0.15) is 0 Å². The summed E-state index contributed by atoms with van der Waals surface area (Å²) in [5, 5.41) is 7.30. The molecule has 18 heavy (non-hydrogen) atoms. The Hall–Kier alpha value is -0.920. The second-order valence-corrected chi connectivity index (χ2v) is 6.87. The molecule has 0 aliphatic carbocycles. The minimum atomic E-state index is -3.89. The normalized spacial score (nSPS) is 11.7. The van der Waals surface area contributed by atoms with Gasteiger partial charge in [-0.1, -0.05) is 28.1 Å². The van der Waals surface area contributed by atoms with Crippen molar-refractivity contribution < 1.29 is 8.42 Å². The molecule has 0 atom stereocenters. The molecule has 5 nitrogen and oxygen atoms in total. The minimum absolute atomic E-state index is 0.235. The van der Waals surface area contributed by atoms with Gasteiger partial charge < -0.3 is 0 Å². The molecule has 0 amide bonds. The van der Waals surface area contributed by atoms with Crippen molar-refractivity contribution in [2.75, 3.05) is 0 Å². The molecule has 8 heteroatoms. The maximum Gasteiger partial charge on any atom is 0.296 e. The summed E-state index contributed by atoms with van der Waals surface area (Å²) < 4.78 is 25.1. The summed E-state index contributed by atoms with van der Waals surface area (Å²) in [6, 6.07) is 7.37. The lowest BCUT2D eigenvalue weighted by Crippen LogP contribution is -2.06. The lowest BCUT2D eigenvalue weighted by Gasteiger charge is -2.05. The van der Waals surface area contributed by atoms with Gasteiger partial charge in [-0.25, -0.2) is 8.42 Å². The average Bonchev–Trinajstić information content (AvgIpc) is 2.72. The topological polar surface area (TPSA) is 64.8 Å². The molecule has 0 bridgehead atoms.